The standard InChI is InChI=1S/C6H3BrFNO4S/c7-4-1-5(9(10)11)3-6(2-4)14(8,12)13/h1-3H. The lowest BCUT2D eigenvalue weighted by molar-refractivity contribution is -0.385. The summed E-state index contributed by atoms with van der Waals surface area (Å²) in [4.78, 5) is 8.76. The summed E-state index contributed by atoms with van der Waals surface area (Å²) in [6, 6.07) is 2.68. The van der Waals surface area contributed by atoms with Gasteiger partial charge in [0.1, 0.15) is 4.90 Å². The van der Waals surface area contributed by atoms with Crippen LogP contribution in [0, 0.1) is 10.1 Å². The molecule has 0 aliphatic rings. The van der Waals surface area contributed by atoms with E-state index in [0.717, 1.165) is 12.1 Å². The second kappa shape index (κ2) is 3.62. The molecule has 0 fully saturated rings. The number of nitrogens with zero attached hydrogens (tertiary/aromatic N) is 1. The SMILES string of the molecule is O=[N+]([O-])c1cc(Br)cc(S(=O)(=O)F)c1. The molecule has 1 aromatic rings. The van der Waals surface area contributed by atoms with E-state index in [2.05, 4.69) is 15.9 Å². The van der Waals surface area contributed by atoms with Crippen molar-refractivity contribution in [1.82, 2.24) is 0 Å². The third-order valence-electron chi connectivity index (χ3n) is 1.35. The minimum absolute atomic E-state index is 0.128. The van der Waals surface area contributed by atoms with E-state index in [-0.39, 0.29) is 4.47 Å². The molecule has 14 heavy (non-hydrogen) atoms. The average molecular weight is 284 g/mol. The summed E-state index contributed by atoms with van der Waals surface area (Å²) in [6.07, 6.45) is 0. The summed E-state index contributed by atoms with van der Waals surface area (Å²) < 4.78 is 33.5. The number of halogens is 2. The first kappa shape index (κ1) is 11.1. The minimum atomic E-state index is -4.92. The molecule has 0 saturated carbocycles. The first-order valence-electron chi connectivity index (χ1n) is 3.20. The van der Waals surface area contributed by atoms with Gasteiger partial charge in [0.15, 0.2) is 0 Å². The summed E-state index contributed by atoms with van der Waals surface area (Å²) in [5.41, 5.74) is -0.490. The van der Waals surface area contributed by atoms with Crippen LogP contribution in [-0.4, -0.2) is 13.3 Å². The number of nitro groups is 1. The smallest absolute Gasteiger partial charge is 0.258 e. The molecular weight excluding hydrogens is 281 g/mol. The fourth-order valence-corrected chi connectivity index (χ4v) is 1.96. The van der Waals surface area contributed by atoms with Crippen LogP contribution in [0.2, 0.25) is 0 Å². The molecule has 0 aliphatic heterocycles. The number of non-ortho nitro benzene ring substituents is 1. The Bertz CT molecular complexity index is 487. The summed E-state index contributed by atoms with van der Waals surface area (Å²) in [5.74, 6) is 0. The fraction of sp³-hybridized carbons (Fsp3) is 0. The lowest BCUT2D eigenvalue weighted by Crippen LogP contribution is -1.95. The number of benzene rings is 1. The maximum absolute atomic E-state index is 12.5. The van der Waals surface area contributed by atoms with Crippen molar-refractivity contribution in [3.63, 3.8) is 0 Å². The van der Waals surface area contributed by atoms with Crippen LogP contribution in [-0.2, 0) is 10.2 Å². The Balaban J connectivity index is 3.43. The second-order valence-corrected chi connectivity index (χ2v) is 4.60. The molecule has 0 N–H and O–H groups in total. The van der Waals surface area contributed by atoms with Crippen molar-refractivity contribution < 1.29 is 17.2 Å². The fourth-order valence-electron chi connectivity index (χ4n) is 0.794. The molecule has 0 bridgehead atoms. The second-order valence-electron chi connectivity index (χ2n) is 2.34. The maximum atomic E-state index is 12.5. The zero-order valence-electron chi connectivity index (χ0n) is 6.48. The van der Waals surface area contributed by atoms with E-state index < -0.39 is 25.7 Å². The monoisotopic (exact) mass is 283 g/mol. The van der Waals surface area contributed by atoms with Crippen LogP contribution in [0.4, 0.5) is 9.57 Å². The van der Waals surface area contributed by atoms with Gasteiger partial charge in [-0.1, -0.05) is 15.9 Å². The van der Waals surface area contributed by atoms with Crippen LogP contribution in [0.5, 0.6) is 0 Å². The Labute approximate surface area is 87.0 Å². The molecule has 0 heterocycles. The molecule has 76 valence electrons. The molecule has 0 aliphatic carbocycles. The molecule has 0 radical (unpaired) electrons. The first-order valence-corrected chi connectivity index (χ1v) is 5.38. The average Bonchev–Trinajstić information content (AvgIpc) is 2.01. The molecule has 0 spiro atoms. The van der Waals surface area contributed by atoms with Gasteiger partial charge in [-0.3, -0.25) is 10.1 Å². The van der Waals surface area contributed by atoms with Crippen molar-refractivity contribution in [1.29, 1.82) is 0 Å². The molecule has 0 aromatic heterocycles. The summed E-state index contributed by atoms with van der Waals surface area (Å²) in [5, 5.41) is 10.3. The normalized spacial score (nSPS) is 11.3. The number of hydrogen-bond acceptors (Lipinski definition) is 4. The first-order chi connectivity index (χ1) is 6.30. The molecule has 0 amide bonds. The quantitative estimate of drug-likeness (QED) is 0.473. The Morgan fingerprint density at radius 3 is 2.36 bits per heavy atom. The van der Waals surface area contributed by atoms with Gasteiger partial charge in [0.2, 0.25) is 0 Å². The zero-order valence-corrected chi connectivity index (χ0v) is 8.88. The molecule has 5 nitrogen and oxygen atoms in total. The highest BCUT2D eigenvalue weighted by molar-refractivity contribution is 9.10. The van der Waals surface area contributed by atoms with Gasteiger partial charge in [-0.25, -0.2) is 0 Å². The van der Waals surface area contributed by atoms with Gasteiger partial charge in [-0.2, -0.15) is 8.42 Å². The third-order valence-corrected chi connectivity index (χ3v) is 2.61. The van der Waals surface area contributed by atoms with E-state index in [1.54, 1.807) is 0 Å². The van der Waals surface area contributed by atoms with E-state index in [1.807, 2.05) is 0 Å². The van der Waals surface area contributed by atoms with Crippen LogP contribution >= 0.6 is 15.9 Å². The van der Waals surface area contributed by atoms with E-state index in [4.69, 9.17) is 0 Å². The molecule has 0 saturated heterocycles. The van der Waals surface area contributed by atoms with Gasteiger partial charge in [-0.15, -0.1) is 3.89 Å². The Kier molecular flexibility index (Phi) is 2.86. The highest BCUT2D eigenvalue weighted by Crippen LogP contribution is 2.25. The highest BCUT2D eigenvalue weighted by atomic mass is 79.9. The van der Waals surface area contributed by atoms with Crippen molar-refractivity contribution in [2.75, 3.05) is 0 Å². The Hall–Kier alpha value is -1.02. The van der Waals surface area contributed by atoms with Crippen LogP contribution in [0.3, 0.4) is 0 Å². The van der Waals surface area contributed by atoms with E-state index in [9.17, 15) is 22.4 Å². The van der Waals surface area contributed by atoms with Crippen molar-refractivity contribution in [3.05, 3.63) is 32.8 Å². The van der Waals surface area contributed by atoms with Gasteiger partial charge in [0.05, 0.1) is 4.92 Å². The zero-order chi connectivity index (χ0) is 10.9. The van der Waals surface area contributed by atoms with Gasteiger partial charge < -0.3 is 0 Å². The summed E-state index contributed by atoms with van der Waals surface area (Å²) in [6.45, 7) is 0. The van der Waals surface area contributed by atoms with Gasteiger partial charge in [-0.05, 0) is 6.07 Å². The van der Waals surface area contributed by atoms with Crippen molar-refractivity contribution in [2.45, 2.75) is 4.90 Å². The lowest BCUT2D eigenvalue weighted by atomic mass is 10.3. The highest BCUT2D eigenvalue weighted by Gasteiger charge is 2.17. The van der Waals surface area contributed by atoms with E-state index in [0.29, 0.717) is 6.07 Å². The Morgan fingerprint density at radius 1 is 1.36 bits per heavy atom. The maximum Gasteiger partial charge on any atom is 0.332 e. The van der Waals surface area contributed by atoms with Crippen LogP contribution in [0.15, 0.2) is 27.6 Å². The van der Waals surface area contributed by atoms with E-state index >= 15 is 0 Å². The largest absolute Gasteiger partial charge is 0.332 e. The molecule has 0 atom stereocenters. The topological polar surface area (TPSA) is 77.3 Å². The lowest BCUT2D eigenvalue weighted by Gasteiger charge is -1.96. The number of nitro benzene ring substituents is 1. The van der Waals surface area contributed by atoms with Gasteiger partial charge in [0.25, 0.3) is 5.69 Å². The summed E-state index contributed by atoms with van der Waals surface area (Å²) >= 11 is 2.84. The van der Waals surface area contributed by atoms with Crippen LogP contribution < -0.4 is 0 Å². The molecular formula is C6H3BrFNO4S. The minimum Gasteiger partial charge on any atom is -0.258 e. The predicted octanol–water partition coefficient (Wildman–Crippen LogP) is 2.02. The molecule has 1 aromatic carbocycles. The number of hydrogen-bond donors (Lipinski definition) is 0. The summed E-state index contributed by atoms with van der Waals surface area (Å²) in [7, 11) is -4.92. The van der Waals surface area contributed by atoms with Crippen LogP contribution in [0.25, 0.3) is 0 Å². The third kappa shape index (κ3) is 2.48. The van der Waals surface area contributed by atoms with Crippen molar-refractivity contribution in [3.8, 4) is 0 Å². The van der Waals surface area contributed by atoms with E-state index in [1.165, 1.54) is 0 Å². The molecule has 1 rings (SSSR count). The molecule has 0 unspecified atom stereocenters. The van der Waals surface area contributed by atoms with Crippen molar-refractivity contribution >= 4 is 31.8 Å². The number of rotatable bonds is 2. The Morgan fingerprint density at radius 2 is 1.93 bits per heavy atom. The predicted molar refractivity (Wildman–Crippen MR) is 49.1 cm³/mol. The van der Waals surface area contributed by atoms with Gasteiger partial charge in [0, 0.05) is 16.6 Å². The van der Waals surface area contributed by atoms with Gasteiger partial charge >= 0.3 is 10.2 Å². The van der Waals surface area contributed by atoms with Crippen LogP contribution in [0.1, 0.15) is 0 Å². The van der Waals surface area contributed by atoms with Crippen molar-refractivity contribution in [2.24, 2.45) is 0 Å². The molecule has 8 heteroatoms.